The molecule has 1 heterocycles. The van der Waals surface area contributed by atoms with Crippen molar-refractivity contribution in [2.45, 2.75) is 30.7 Å². The van der Waals surface area contributed by atoms with Crippen LogP contribution in [0.25, 0.3) is 0 Å². The van der Waals surface area contributed by atoms with Gasteiger partial charge in [0.1, 0.15) is 5.75 Å². The van der Waals surface area contributed by atoms with Crippen LogP contribution in [0.2, 0.25) is 0 Å². The van der Waals surface area contributed by atoms with Crippen LogP contribution in [-0.2, 0) is 19.4 Å². The van der Waals surface area contributed by atoms with E-state index in [0.29, 0.717) is 26.1 Å². The van der Waals surface area contributed by atoms with Crippen LogP contribution < -0.4 is 11.1 Å². The Labute approximate surface area is 124 Å². The number of carbonyl (C=O) groups is 1. The molecule has 1 saturated heterocycles. The monoisotopic (exact) mass is 312 g/mol. The lowest BCUT2D eigenvalue weighted by Gasteiger charge is -2.23. The normalized spacial score (nSPS) is 16.6. The van der Waals surface area contributed by atoms with Crippen molar-refractivity contribution in [3.8, 4) is 0 Å². The standard InChI is InChI=1S/C14H20N2O4S/c1-10-2-3-12(15)13(8-10)21(18,19)9-14(17)16-11-4-6-20-7-5-11/h2-3,8,11H,4-7,9,15H2,1H3,(H,16,17). The van der Waals surface area contributed by atoms with Crippen LogP contribution in [0.5, 0.6) is 0 Å². The number of benzene rings is 1. The molecule has 0 bridgehead atoms. The number of nitrogens with one attached hydrogen (secondary N) is 1. The number of nitrogens with two attached hydrogens (primary N) is 1. The summed E-state index contributed by atoms with van der Waals surface area (Å²) in [7, 11) is -3.73. The third kappa shape index (κ3) is 4.18. The van der Waals surface area contributed by atoms with E-state index in [0.717, 1.165) is 5.56 Å². The number of ether oxygens (including phenoxy) is 1. The van der Waals surface area contributed by atoms with Crippen molar-refractivity contribution in [3.63, 3.8) is 0 Å². The molecule has 1 fully saturated rings. The van der Waals surface area contributed by atoms with Crippen molar-refractivity contribution in [2.75, 3.05) is 24.7 Å². The second kappa shape index (κ2) is 6.44. The summed E-state index contributed by atoms with van der Waals surface area (Å²) in [6.07, 6.45) is 1.41. The molecule has 1 aliphatic rings. The van der Waals surface area contributed by atoms with Gasteiger partial charge in [0.05, 0.1) is 10.6 Å². The van der Waals surface area contributed by atoms with Crippen molar-refractivity contribution in [1.82, 2.24) is 5.32 Å². The van der Waals surface area contributed by atoms with Crippen LogP contribution in [0.4, 0.5) is 5.69 Å². The Kier molecular flexibility index (Phi) is 4.84. The lowest BCUT2D eigenvalue weighted by Crippen LogP contribution is -2.41. The minimum Gasteiger partial charge on any atom is -0.398 e. The van der Waals surface area contributed by atoms with Crippen molar-refractivity contribution in [1.29, 1.82) is 0 Å². The zero-order valence-electron chi connectivity index (χ0n) is 12.0. The molecule has 6 nitrogen and oxygen atoms in total. The second-order valence-electron chi connectivity index (χ2n) is 5.25. The molecule has 2 rings (SSSR count). The number of hydrogen-bond acceptors (Lipinski definition) is 5. The largest absolute Gasteiger partial charge is 0.398 e. The first-order valence-corrected chi connectivity index (χ1v) is 8.50. The van der Waals surface area contributed by atoms with E-state index in [4.69, 9.17) is 10.5 Å². The highest BCUT2D eigenvalue weighted by Crippen LogP contribution is 2.21. The van der Waals surface area contributed by atoms with Gasteiger partial charge >= 0.3 is 0 Å². The molecule has 1 aromatic carbocycles. The average Bonchev–Trinajstić information content (AvgIpc) is 2.41. The Bertz CT molecular complexity index is 622. The van der Waals surface area contributed by atoms with Crippen molar-refractivity contribution in [3.05, 3.63) is 23.8 Å². The lowest BCUT2D eigenvalue weighted by atomic mass is 10.1. The molecule has 1 aromatic rings. The first-order chi connectivity index (χ1) is 9.88. The average molecular weight is 312 g/mol. The van der Waals surface area contributed by atoms with Gasteiger partial charge in [0.25, 0.3) is 0 Å². The maximum Gasteiger partial charge on any atom is 0.235 e. The van der Waals surface area contributed by atoms with Crippen molar-refractivity contribution < 1.29 is 17.9 Å². The first kappa shape index (κ1) is 15.8. The molecule has 1 aliphatic heterocycles. The second-order valence-corrected chi connectivity index (χ2v) is 7.21. The van der Waals surface area contributed by atoms with E-state index in [1.807, 2.05) is 0 Å². The molecular weight excluding hydrogens is 292 g/mol. The number of carbonyl (C=O) groups excluding carboxylic acids is 1. The van der Waals surface area contributed by atoms with Crippen LogP contribution in [0.1, 0.15) is 18.4 Å². The summed E-state index contributed by atoms with van der Waals surface area (Å²) in [6, 6.07) is 4.75. The number of aryl methyl sites for hydroxylation is 1. The molecule has 0 aliphatic carbocycles. The van der Waals surface area contributed by atoms with Crippen molar-refractivity contribution in [2.24, 2.45) is 0 Å². The van der Waals surface area contributed by atoms with Gasteiger partial charge in [-0.25, -0.2) is 8.42 Å². The number of rotatable bonds is 4. The van der Waals surface area contributed by atoms with Crippen LogP contribution in [-0.4, -0.2) is 39.3 Å². The summed E-state index contributed by atoms with van der Waals surface area (Å²) in [5, 5.41) is 2.74. The van der Waals surface area contributed by atoms with Gasteiger partial charge in [-0.2, -0.15) is 0 Å². The fourth-order valence-corrected chi connectivity index (χ4v) is 3.65. The Morgan fingerprint density at radius 3 is 2.71 bits per heavy atom. The van der Waals surface area contributed by atoms with E-state index in [1.165, 1.54) is 6.07 Å². The van der Waals surface area contributed by atoms with Gasteiger partial charge in [-0.3, -0.25) is 4.79 Å². The minimum atomic E-state index is -3.73. The van der Waals surface area contributed by atoms with Gasteiger partial charge in [-0.15, -0.1) is 0 Å². The van der Waals surface area contributed by atoms with Gasteiger partial charge in [0.2, 0.25) is 5.91 Å². The molecule has 1 amide bonds. The number of nitrogen functional groups attached to an aromatic ring is 1. The summed E-state index contributed by atoms with van der Waals surface area (Å²) in [6.45, 7) is 2.95. The maximum absolute atomic E-state index is 12.3. The summed E-state index contributed by atoms with van der Waals surface area (Å²) in [5.74, 6) is -1.08. The first-order valence-electron chi connectivity index (χ1n) is 6.84. The Morgan fingerprint density at radius 2 is 2.05 bits per heavy atom. The van der Waals surface area contributed by atoms with E-state index < -0.39 is 21.5 Å². The van der Waals surface area contributed by atoms with E-state index in [-0.39, 0.29) is 16.6 Å². The highest BCUT2D eigenvalue weighted by Gasteiger charge is 2.24. The zero-order valence-corrected chi connectivity index (χ0v) is 12.8. The van der Waals surface area contributed by atoms with Gasteiger partial charge in [0.15, 0.2) is 9.84 Å². The Balaban J connectivity index is 2.06. The van der Waals surface area contributed by atoms with Gasteiger partial charge in [0, 0.05) is 19.3 Å². The number of sulfone groups is 1. The van der Waals surface area contributed by atoms with Gasteiger partial charge in [-0.05, 0) is 37.5 Å². The van der Waals surface area contributed by atoms with Crippen LogP contribution in [0, 0.1) is 6.92 Å². The molecule has 0 radical (unpaired) electrons. The highest BCUT2D eigenvalue weighted by molar-refractivity contribution is 7.92. The van der Waals surface area contributed by atoms with Crippen LogP contribution in [0.15, 0.2) is 23.1 Å². The molecule has 116 valence electrons. The third-order valence-electron chi connectivity index (χ3n) is 3.41. The summed E-state index contributed by atoms with van der Waals surface area (Å²) < 4.78 is 29.8. The number of anilines is 1. The molecule has 0 unspecified atom stereocenters. The molecule has 0 saturated carbocycles. The topological polar surface area (TPSA) is 98.5 Å². The van der Waals surface area contributed by atoms with Gasteiger partial charge in [-0.1, -0.05) is 6.07 Å². The quantitative estimate of drug-likeness (QED) is 0.795. The molecule has 0 spiro atoms. The van der Waals surface area contributed by atoms with E-state index in [9.17, 15) is 13.2 Å². The van der Waals surface area contributed by atoms with E-state index in [1.54, 1.807) is 19.1 Å². The Morgan fingerprint density at radius 1 is 1.38 bits per heavy atom. The molecular formula is C14H20N2O4S. The van der Waals surface area contributed by atoms with Gasteiger partial charge < -0.3 is 15.8 Å². The fraction of sp³-hybridized carbons (Fsp3) is 0.500. The highest BCUT2D eigenvalue weighted by atomic mass is 32.2. The zero-order chi connectivity index (χ0) is 15.5. The Hall–Kier alpha value is -1.60. The van der Waals surface area contributed by atoms with Crippen LogP contribution >= 0.6 is 0 Å². The van der Waals surface area contributed by atoms with Crippen LogP contribution in [0.3, 0.4) is 0 Å². The molecule has 21 heavy (non-hydrogen) atoms. The predicted octanol–water partition coefficient (Wildman–Crippen LogP) is 0.646. The molecule has 7 heteroatoms. The molecule has 0 aromatic heterocycles. The predicted molar refractivity (Wildman–Crippen MR) is 79.6 cm³/mol. The minimum absolute atomic E-state index is 0.0173. The number of hydrogen-bond donors (Lipinski definition) is 2. The number of amides is 1. The molecule has 0 atom stereocenters. The lowest BCUT2D eigenvalue weighted by molar-refractivity contribution is -0.119. The SMILES string of the molecule is Cc1ccc(N)c(S(=O)(=O)CC(=O)NC2CCOCC2)c1. The maximum atomic E-state index is 12.3. The smallest absolute Gasteiger partial charge is 0.235 e. The summed E-state index contributed by atoms with van der Waals surface area (Å²) in [5.41, 5.74) is 6.66. The summed E-state index contributed by atoms with van der Waals surface area (Å²) >= 11 is 0. The van der Waals surface area contributed by atoms with Crippen molar-refractivity contribution >= 4 is 21.4 Å². The third-order valence-corrected chi connectivity index (χ3v) is 5.08. The summed E-state index contributed by atoms with van der Waals surface area (Å²) in [4.78, 5) is 11.9. The fourth-order valence-electron chi connectivity index (χ4n) is 2.27. The van der Waals surface area contributed by atoms with E-state index >= 15 is 0 Å². The molecule has 3 N–H and O–H groups in total. The van der Waals surface area contributed by atoms with E-state index in [2.05, 4.69) is 5.32 Å².